The lowest BCUT2D eigenvalue weighted by Gasteiger charge is -2.30. The van der Waals surface area contributed by atoms with Crippen LogP contribution in [0.4, 0.5) is 0 Å². The summed E-state index contributed by atoms with van der Waals surface area (Å²) in [5.41, 5.74) is 1.37. The van der Waals surface area contributed by atoms with E-state index in [4.69, 9.17) is 0 Å². The molecular formula is C33H22O7. The number of phenols is 4. The third-order valence-corrected chi connectivity index (χ3v) is 7.37. The number of carbonyl (C=O) groups is 3. The topological polar surface area (TPSA) is 132 Å². The Bertz CT molecular complexity index is 1660. The summed E-state index contributed by atoms with van der Waals surface area (Å²) in [6.45, 7) is 0. The molecule has 6 rings (SSSR count). The van der Waals surface area contributed by atoms with Gasteiger partial charge in [0.15, 0.2) is 11.6 Å². The molecule has 0 aromatic heterocycles. The molecule has 0 spiro atoms. The van der Waals surface area contributed by atoms with Crippen LogP contribution in [0.25, 0.3) is 11.1 Å². The Morgan fingerprint density at radius 3 is 1.43 bits per heavy atom. The molecule has 4 aliphatic carbocycles. The van der Waals surface area contributed by atoms with E-state index >= 15 is 0 Å². The van der Waals surface area contributed by atoms with Gasteiger partial charge in [0, 0.05) is 35.1 Å². The van der Waals surface area contributed by atoms with Crippen molar-refractivity contribution in [2.24, 2.45) is 11.8 Å². The normalized spacial score (nSPS) is 21.3. The van der Waals surface area contributed by atoms with E-state index < -0.39 is 29.2 Å². The molecule has 2 aromatic carbocycles. The lowest BCUT2D eigenvalue weighted by atomic mass is 9.70. The molecule has 0 saturated carbocycles. The second-order valence-corrected chi connectivity index (χ2v) is 9.77. The van der Waals surface area contributed by atoms with E-state index in [0.717, 1.165) is 12.1 Å². The highest BCUT2D eigenvalue weighted by Crippen LogP contribution is 2.47. The Kier molecular flexibility index (Phi) is 5.84. The van der Waals surface area contributed by atoms with Crippen LogP contribution in [0.5, 0.6) is 23.0 Å². The quantitative estimate of drug-likeness (QED) is 0.418. The molecule has 0 saturated heterocycles. The number of hydrogen-bond acceptors (Lipinski definition) is 7. The molecule has 0 heterocycles. The standard InChI is InChI=1S/C33H22O7/c34-19-9-11-23(25(36)15-19)29-21-7-3-1-5-17(21)13-27(38)31(29)33(40)32-28(39)14-18-6-2-4-8-22(18)30(32)24-12-10-20(35)16-26(24)37/h1-16,21-22,34-37H. The molecule has 40 heavy (non-hydrogen) atoms. The number of phenolic OH excluding ortho intramolecular Hbond substituents is 4. The molecular weight excluding hydrogens is 508 g/mol. The maximum atomic E-state index is 14.5. The van der Waals surface area contributed by atoms with Crippen LogP contribution < -0.4 is 0 Å². The van der Waals surface area contributed by atoms with Crippen LogP contribution in [0, 0.1) is 11.8 Å². The first-order chi connectivity index (χ1) is 19.2. The number of ketones is 3. The summed E-state index contributed by atoms with van der Waals surface area (Å²) in [6.07, 6.45) is 16.8. The van der Waals surface area contributed by atoms with Crippen LogP contribution in [0.2, 0.25) is 0 Å². The van der Waals surface area contributed by atoms with Crippen LogP contribution in [0.1, 0.15) is 11.1 Å². The summed E-state index contributed by atoms with van der Waals surface area (Å²) in [4.78, 5) is 41.8. The van der Waals surface area contributed by atoms with Gasteiger partial charge in [-0.05, 0) is 58.7 Å². The van der Waals surface area contributed by atoms with Crippen LogP contribution in [-0.4, -0.2) is 37.8 Å². The lowest BCUT2D eigenvalue weighted by molar-refractivity contribution is -0.119. The van der Waals surface area contributed by atoms with Crippen molar-refractivity contribution in [1.29, 1.82) is 0 Å². The Labute approximate surface area is 228 Å². The maximum Gasteiger partial charge on any atom is 0.201 e. The van der Waals surface area contributed by atoms with E-state index in [9.17, 15) is 34.8 Å². The average Bonchev–Trinajstić information content (AvgIpc) is 2.92. The molecule has 0 amide bonds. The molecule has 0 aliphatic heterocycles. The molecule has 0 fully saturated rings. The van der Waals surface area contributed by atoms with Crippen molar-refractivity contribution in [2.45, 2.75) is 0 Å². The predicted octanol–water partition coefficient (Wildman–Crippen LogP) is 4.79. The van der Waals surface area contributed by atoms with Gasteiger partial charge in [-0.2, -0.15) is 0 Å². The van der Waals surface area contributed by atoms with Crippen molar-refractivity contribution >= 4 is 28.5 Å². The van der Waals surface area contributed by atoms with Crippen LogP contribution in [0.15, 0.2) is 119 Å². The van der Waals surface area contributed by atoms with Crippen molar-refractivity contribution in [3.8, 4) is 23.0 Å². The fourth-order valence-corrected chi connectivity index (χ4v) is 5.63. The van der Waals surface area contributed by atoms with E-state index in [2.05, 4.69) is 0 Å². The number of allylic oxidation sites excluding steroid dienone is 16. The summed E-state index contributed by atoms with van der Waals surface area (Å²) >= 11 is 0. The zero-order valence-corrected chi connectivity index (χ0v) is 20.9. The monoisotopic (exact) mass is 530 g/mol. The van der Waals surface area contributed by atoms with E-state index in [1.54, 1.807) is 48.6 Å². The van der Waals surface area contributed by atoms with Crippen molar-refractivity contribution in [2.75, 3.05) is 0 Å². The van der Waals surface area contributed by atoms with Gasteiger partial charge >= 0.3 is 0 Å². The largest absolute Gasteiger partial charge is 0.508 e. The van der Waals surface area contributed by atoms with E-state index in [1.807, 2.05) is 0 Å². The average molecular weight is 531 g/mol. The summed E-state index contributed by atoms with van der Waals surface area (Å²) in [6, 6.07) is 7.77. The van der Waals surface area contributed by atoms with Gasteiger partial charge < -0.3 is 20.4 Å². The van der Waals surface area contributed by atoms with Crippen molar-refractivity contribution in [3.05, 3.63) is 131 Å². The number of benzene rings is 2. The summed E-state index contributed by atoms with van der Waals surface area (Å²) in [5, 5.41) is 41.4. The van der Waals surface area contributed by atoms with Crippen molar-refractivity contribution in [1.82, 2.24) is 0 Å². The Balaban J connectivity index is 1.65. The molecule has 2 atom stereocenters. The highest BCUT2D eigenvalue weighted by Gasteiger charge is 2.40. The zero-order chi connectivity index (χ0) is 28.1. The number of Topliss-reactive ketones (excluding diaryl/α,β-unsaturated/α-hetero) is 1. The van der Waals surface area contributed by atoms with Crippen LogP contribution in [0.3, 0.4) is 0 Å². The minimum atomic E-state index is -0.851. The Morgan fingerprint density at radius 2 is 1.02 bits per heavy atom. The Hall–Kier alpha value is -5.43. The van der Waals surface area contributed by atoms with E-state index in [0.29, 0.717) is 11.1 Å². The highest BCUT2D eigenvalue weighted by atomic mass is 16.3. The zero-order valence-electron chi connectivity index (χ0n) is 20.9. The summed E-state index contributed by atoms with van der Waals surface area (Å²) in [5.74, 6) is -4.34. The summed E-state index contributed by atoms with van der Waals surface area (Å²) in [7, 11) is 0. The molecule has 7 nitrogen and oxygen atoms in total. The number of aromatic hydroxyl groups is 4. The fraction of sp³-hybridized carbons (Fsp3) is 0.0606. The minimum Gasteiger partial charge on any atom is -0.508 e. The molecule has 2 aromatic rings. The van der Waals surface area contributed by atoms with Gasteiger partial charge in [0.2, 0.25) is 5.78 Å². The SMILES string of the molecule is O=C1C=C2C=CC=CC2C(c2ccc(O)cc2O)=C1C(=O)C1=C(c2ccc(O)cc2O)C2C=CC=CC2=CC1=O. The number of hydrogen-bond donors (Lipinski definition) is 4. The van der Waals surface area contributed by atoms with E-state index in [1.165, 1.54) is 36.4 Å². The fourth-order valence-electron chi connectivity index (χ4n) is 5.63. The molecule has 196 valence electrons. The van der Waals surface area contributed by atoms with Crippen molar-refractivity contribution in [3.63, 3.8) is 0 Å². The molecule has 4 aliphatic rings. The van der Waals surface area contributed by atoms with Gasteiger partial charge in [0.25, 0.3) is 0 Å². The smallest absolute Gasteiger partial charge is 0.201 e. The second-order valence-electron chi connectivity index (χ2n) is 9.77. The number of fused-ring (bicyclic) bond motifs is 2. The van der Waals surface area contributed by atoms with Crippen LogP contribution >= 0.6 is 0 Å². The van der Waals surface area contributed by atoms with Gasteiger partial charge in [-0.1, -0.05) is 48.6 Å². The van der Waals surface area contributed by atoms with Gasteiger partial charge in [-0.25, -0.2) is 0 Å². The first-order valence-corrected chi connectivity index (χ1v) is 12.5. The van der Waals surface area contributed by atoms with Crippen molar-refractivity contribution < 1.29 is 34.8 Å². The maximum absolute atomic E-state index is 14.5. The predicted molar refractivity (Wildman–Crippen MR) is 148 cm³/mol. The Morgan fingerprint density at radius 1 is 0.600 bits per heavy atom. The first-order valence-electron chi connectivity index (χ1n) is 12.5. The molecule has 0 radical (unpaired) electrons. The number of carbonyl (C=O) groups excluding carboxylic acids is 3. The highest BCUT2D eigenvalue weighted by molar-refractivity contribution is 6.44. The molecule has 7 heteroatoms. The third-order valence-electron chi connectivity index (χ3n) is 7.37. The van der Waals surface area contributed by atoms with Crippen LogP contribution in [-0.2, 0) is 14.4 Å². The van der Waals surface area contributed by atoms with Gasteiger partial charge in [-0.15, -0.1) is 0 Å². The molecule has 2 unspecified atom stereocenters. The van der Waals surface area contributed by atoms with Gasteiger partial charge in [0.1, 0.15) is 23.0 Å². The third kappa shape index (κ3) is 3.96. The number of rotatable bonds is 4. The summed E-state index contributed by atoms with van der Waals surface area (Å²) < 4.78 is 0. The lowest BCUT2D eigenvalue weighted by Crippen LogP contribution is -2.29. The molecule has 4 N–H and O–H groups in total. The second kappa shape index (κ2) is 9.39. The van der Waals surface area contributed by atoms with Gasteiger partial charge in [-0.3, -0.25) is 14.4 Å². The minimum absolute atomic E-state index is 0.166. The van der Waals surface area contributed by atoms with E-state index in [-0.39, 0.29) is 56.4 Å². The first kappa shape index (κ1) is 24.9. The van der Waals surface area contributed by atoms with Gasteiger partial charge in [0.05, 0.1) is 11.1 Å². The molecule has 0 bridgehead atoms.